The van der Waals surface area contributed by atoms with E-state index in [-0.39, 0.29) is 12.6 Å². The van der Waals surface area contributed by atoms with Crippen molar-refractivity contribution < 1.29 is 28.5 Å². The van der Waals surface area contributed by atoms with Crippen LogP contribution < -0.4 is 10.5 Å². The Morgan fingerprint density at radius 1 is 0.913 bits per heavy atom. The second kappa shape index (κ2) is 12.7. The molecule has 0 bridgehead atoms. The fraction of sp³-hybridized carbons (Fsp3) is 0.562. The Kier molecular flexibility index (Phi) is 10.6. The van der Waals surface area contributed by atoms with Gasteiger partial charge in [-0.2, -0.15) is 0 Å². The van der Waals surface area contributed by atoms with Crippen LogP contribution in [0, 0.1) is 0 Å². The van der Waals surface area contributed by atoms with Gasteiger partial charge >= 0.3 is 5.97 Å². The van der Waals surface area contributed by atoms with Crippen molar-refractivity contribution >= 4 is 11.7 Å². The van der Waals surface area contributed by atoms with Gasteiger partial charge in [0.15, 0.2) is 0 Å². The number of anilines is 1. The fourth-order valence-corrected chi connectivity index (χ4v) is 1.58. The Bertz CT molecular complexity index is 423. The minimum absolute atomic E-state index is 0.0455. The maximum Gasteiger partial charge on any atom is 0.332 e. The van der Waals surface area contributed by atoms with Crippen LogP contribution in [0.15, 0.2) is 24.3 Å². The van der Waals surface area contributed by atoms with Crippen molar-refractivity contribution in [2.45, 2.75) is 6.92 Å². The van der Waals surface area contributed by atoms with Gasteiger partial charge in [-0.1, -0.05) is 0 Å². The summed E-state index contributed by atoms with van der Waals surface area (Å²) in [5.74, 6) is 0.398. The van der Waals surface area contributed by atoms with Crippen LogP contribution >= 0.6 is 0 Å². The van der Waals surface area contributed by atoms with Crippen molar-refractivity contribution in [3.63, 3.8) is 0 Å². The van der Waals surface area contributed by atoms with E-state index in [4.69, 9.17) is 29.4 Å². The lowest BCUT2D eigenvalue weighted by molar-refractivity contribution is -0.148. The van der Waals surface area contributed by atoms with E-state index in [0.29, 0.717) is 51.9 Å². The number of carbonyl (C=O) groups is 1. The number of hydrogen-bond donors (Lipinski definition) is 1. The minimum atomic E-state index is -0.364. The summed E-state index contributed by atoms with van der Waals surface area (Å²) in [5, 5.41) is 0. The monoisotopic (exact) mass is 327 g/mol. The number of benzene rings is 1. The number of carbonyl (C=O) groups excluding carboxylic acids is 1. The summed E-state index contributed by atoms with van der Waals surface area (Å²) in [6.07, 6.45) is 0. The molecule has 0 amide bonds. The van der Waals surface area contributed by atoms with Gasteiger partial charge in [-0.15, -0.1) is 0 Å². The molecule has 23 heavy (non-hydrogen) atoms. The molecule has 1 rings (SSSR count). The molecule has 0 heterocycles. The predicted molar refractivity (Wildman–Crippen MR) is 85.4 cm³/mol. The molecule has 0 aromatic heterocycles. The lowest BCUT2D eigenvalue weighted by atomic mass is 10.3. The average Bonchev–Trinajstić information content (AvgIpc) is 2.54. The molecule has 0 radical (unpaired) electrons. The van der Waals surface area contributed by atoms with Crippen LogP contribution in [0.5, 0.6) is 5.75 Å². The summed E-state index contributed by atoms with van der Waals surface area (Å²) in [5.41, 5.74) is 6.29. The number of rotatable bonds is 13. The highest BCUT2D eigenvalue weighted by Crippen LogP contribution is 2.12. The molecule has 0 atom stereocenters. The van der Waals surface area contributed by atoms with E-state index in [1.54, 1.807) is 19.1 Å². The second-order valence-electron chi connectivity index (χ2n) is 4.50. The molecule has 0 aliphatic rings. The van der Waals surface area contributed by atoms with Gasteiger partial charge in [-0.05, 0) is 31.2 Å². The Morgan fingerprint density at radius 2 is 1.48 bits per heavy atom. The molecule has 0 spiro atoms. The van der Waals surface area contributed by atoms with Crippen LogP contribution in [0.25, 0.3) is 0 Å². The number of hydrogen-bond acceptors (Lipinski definition) is 7. The molecule has 0 fully saturated rings. The van der Waals surface area contributed by atoms with Crippen LogP contribution in [0.1, 0.15) is 6.92 Å². The van der Waals surface area contributed by atoms with Crippen LogP contribution in [0.3, 0.4) is 0 Å². The van der Waals surface area contributed by atoms with E-state index in [2.05, 4.69) is 0 Å². The van der Waals surface area contributed by atoms with Gasteiger partial charge in [0.1, 0.15) is 19.0 Å². The molecule has 1 aromatic rings. The molecular weight excluding hydrogens is 302 g/mol. The summed E-state index contributed by atoms with van der Waals surface area (Å²) >= 11 is 0. The van der Waals surface area contributed by atoms with Gasteiger partial charge in [0, 0.05) is 5.69 Å². The maximum absolute atomic E-state index is 11.0. The smallest absolute Gasteiger partial charge is 0.332 e. The zero-order valence-electron chi connectivity index (χ0n) is 13.5. The third-order valence-corrected chi connectivity index (χ3v) is 2.65. The molecule has 7 nitrogen and oxygen atoms in total. The van der Waals surface area contributed by atoms with Crippen LogP contribution in [0.4, 0.5) is 5.69 Å². The Hall–Kier alpha value is -1.83. The molecule has 130 valence electrons. The molecule has 2 N–H and O–H groups in total. The molecule has 0 saturated carbocycles. The Morgan fingerprint density at radius 3 is 2.09 bits per heavy atom. The topological polar surface area (TPSA) is 89.2 Å². The average molecular weight is 327 g/mol. The van der Waals surface area contributed by atoms with Gasteiger partial charge < -0.3 is 29.4 Å². The van der Waals surface area contributed by atoms with Gasteiger partial charge in [0.25, 0.3) is 0 Å². The zero-order valence-corrected chi connectivity index (χ0v) is 13.5. The molecule has 0 saturated heterocycles. The van der Waals surface area contributed by atoms with Gasteiger partial charge in [0.05, 0.1) is 39.6 Å². The number of ether oxygens (including phenoxy) is 5. The molecule has 0 aliphatic heterocycles. The highest BCUT2D eigenvalue weighted by atomic mass is 16.6. The fourth-order valence-electron chi connectivity index (χ4n) is 1.58. The standard InChI is InChI=1S/C16H25NO6/c1-2-22-16(18)13-21-10-9-19-7-8-20-11-12-23-15-5-3-14(17)4-6-15/h3-6H,2,7-13,17H2,1H3. The third-order valence-electron chi connectivity index (χ3n) is 2.65. The van der Waals surface area contributed by atoms with Crippen molar-refractivity contribution in [2.75, 3.05) is 58.6 Å². The van der Waals surface area contributed by atoms with Crippen molar-refractivity contribution in [1.82, 2.24) is 0 Å². The van der Waals surface area contributed by atoms with Crippen molar-refractivity contribution in [1.29, 1.82) is 0 Å². The third kappa shape index (κ3) is 10.5. The SMILES string of the molecule is CCOC(=O)COCCOCCOCCOc1ccc(N)cc1. The summed E-state index contributed by atoms with van der Waals surface area (Å²) in [6.45, 7) is 4.70. The Labute approximate surface area is 136 Å². The first-order valence-corrected chi connectivity index (χ1v) is 7.59. The van der Waals surface area contributed by atoms with E-state index in [0.717, 1.165) is 5.75 Å². The number of nitrogens with two attached hydrogens (primary N) is 1. The van der Waals surface area contributed by atoms with Gasteiger partial charge in [-0.25, -0.2) is 4.79 Å². The van der Waals surface area contributed by atoms with E-state index in [1.165, 1.54) is 0 Å². The lowest BCUT2D eigenvalue weighted by Gasteiger charge is -2.08. The summed E-state index contributed by atoms with van der Waals surface area (Å²) in [4.78, 5) is 11.0. The molecular formula is C16H25NO6. The predicted octanol–water partition coefficient (Wildman–Crippen LogP) is 1.26. The first-order valence-electron chi connectivity index (χ1n) is 7.59. The zero-order chi connectivity index (χ0) is 16.8. The van der Waals surface area contributed by atoms with Crippen molar-refractivity contribution in [2.24, 2.45) is 0 Å². The van der Waals surface area contributed by atoms with E-state index < -0.39 is 0 Å². The Balaban J connectivity index is 1.83. The van der Waals surface area contributed by atoms with E-state index in [9.17, 15) is 4.79 Å². The van der Waals surface area contributed by atoms with Crippen LogP contribution in [0.2, 0.25) is 0 Å². The van der Waals surface area contributed by atoms with Crippen LogP contribution in [-0.4, -0.2) is 58.8 Å². The van der Waals surface area contributed by atoms with Gasteiger partial charge in [-0.3, -0.25) is 0 Å². The van der Waals surface area contributed by atoms with Gasteiger partial charge in [0.2, 0.25) is 0 Å². The van der Waals surface area contributed by atoms with E-state index >= 15 is 0 Å². The first-order chi connectivity index (χ1) is 11.2. The minimum Gasteiger partial charge on any atom is -0.491 e. The van der Waals surface area contributed by atoms with Crippen molar-refractivity contribution in [3.8, 4) is 5.75 Å². The van der Waals surface area contributed by atoms with Crippen LogP contribution in [-0.2, 0) is 23.7 Å². The quantitative estimate of drug-likeness (QED) is 0.331. The summed E-state index contributed by atoms with van der Waals surface area (Å²) in [7, 11) is 0. The molecule has 7 heteroatoms. The molecule has 0 unspecified atom stereocenters. The maximum atomic E-state index is 11.0. The lowest BCUT2D eigenvalue weighted by Crippen LogP contribution is -2.16. The number of nitrogen functional groups attached to an aromatic ring is 1. The molecule has 1 aromatic carbocycles. The summed E-state index contributed by atoms with van der Waals surface area (Å²) in [6, 6.07) is 7.20. The normalized spacial score (nSPS) is 10.5. The summed E-state index contributed by atoms with van der Waals surface area (Å²) < 4.78 is 25.9. The van der Waals surface area contributed by atoms with E-state index in [1.807, 2.05) is 12.1 Å². The largest absolute Gasteiger partial charge is 0.491 e. The second-order valence-corrected chi connectivity index (χ2v) is 4.50. The highest BCUT2D eigenvalue weighted by Gasteiger charge is 2.00. The first kappa shape index (κ1) is 19.2. The molecule has 0 aliphatic carbocycles. The highest BCUT2D eigenvalue weighted by molar-refractivity contribution is 5.70. The number of esters is 1. The van der Waals surface area contributed by atoms with Crippen molar-refractivity contribution in [3.05, 3.63) is 24.3 Å².